The van der Waals surface area contributed by atoms with E-state index in [2.05, 4.69) is 6.92 Å². The van der Waals surface area contributed by atoms with Gasteiger partial charge in [-0.05, 0) is 60.8 Å². The Morgan fingerprint density at radius 2 is 1.87 bits per heavy atom. The molecule has 128 valence electrons. The largest absolute Gasteiger partial charge is 0.409 e. The molecule has 1 saturated carbocycles. The average Bonchev–Trinajstić information content (AvgIpc) is 2.51. The van der Waals surface area contributed by atoms with Crippen LogP contribution in [0.15, 0.2) is 24.3 Å². The molecule has 0 amide bonds. The van der Waals surface area contributed by atoms with Gasteiger partial charge in [-0.1, -0.05) is 49.9 Å². The van der Waals surface area contributed by atoms with Gasteiger partial charge in [-0.2, -0.15) is 13.2 Å². The van der Waals surface area contributed by atoms with Crippen LogP contribution in [0.1, 0.15) is 68.9 Å². The van der Waals surface area contributed by atoms with Crippen LogP contribution in [0.5, 0.6) is 0 Å². The van der Waals surface area contributed by atoms with Crippen LogP contribution in [-0.4, -0.2) is 6.18 Å². The lowest BCUT2D eigenvalue weighted by atomic mass is 9.77. The van der Waals surface area contributed by atoms with Crippen LogP contribution < -0.4 is 0 Å². The first kappa shape index (κ1) is 18.4. The SMILES string of the molecule is CCCCC1CCC(c2ccc(/C=C/C(F)(F)F)c(Cl)c2)CC1. The highest BCUT2D eigenvalue weighted by molar-refractivity contribution is 6.32. The smallest absolute Gasteiger partial charge is 0.167 e. The number of hydrogen-bond acceptors (Lipinski definition) is 0. The standard InChI is InChI=1S/C19H24ClF3/c1-2-3-4-14-5-7-15(8-6-14)17-10-9-16(18(20)13-17)11-12-19(21,22)23/h9-15H,2-8H2,1H3/b12-11+. The van der Waals surface area contributed by atoms with Crippen molar-refractivity contribution < 1.29 is 13.2 Å². The van der Waals surface area contributed by atoms with Crippen molar-refractivity contribution in [1.29, 1.82) is 0 Å². The van der Waals surface area contributed by atoms with Crippen molar-refractivity contribution in [3.8, 4) is 0 Å². The highest BCUT2D eigenvalue weighted by atomic mass is 35.5. The molecule has 2 rings (SSSR count). The summed E-state index contributed by atoms with van der Waals surface area (Å²) in [6.07, 6.45) is 5.65. The fourth-order valence-electron chi connectivity index (χ4n) is 3.39. The quantitative estimate of drug-likeness (QED) is 0.522. The van der Waals surface area contributed by atoms with E-state index in [0.717, 1.165) is 30.4 Å². The van der Waals surface area contributed by atoms with E-state index in [0.29, 0.717) is 16.5 Å². The highest BCUT2D eigenvalue weighted by Gasteiger charge is 2.23. The topological polar surface area (TPSA) is 0 Å². The van der Waals surface area contributed by atoms with Crippen molar-refractivity contribution in [2.45, 2.75) is 64.0 Å². The molecule has 23 heavy (non-hydrogen) atoms. The number of allylic oxidation sites excluding steroid dienone is 1. The molecule has 0 atom stereocenters. The van der Waals surface area contributed by atoms with Gasteiger partial charge in [0.2, 0.25) is 0 Å². The second kappa shape index (κ2) is 8.23. The van der Waals surface area contributed by atoms with E-state index < -0.39 is 6.18 Å². The Hall–Kier alpha value is -0.960. The lowest BCUT2D eigenvalue weighted by Crippen LogP contribution is -2.13. The van der Waals surface area contributed by atoms with Gasteiger partial charge in [0.15, 0.2) is 0 Å². The Kier molecular flexibility index (Phi) is 6.58. The molecule has 0 aromatic heterocycles. The third-order valence-electron chi connectivity index (χ3n) is 4.76. The summed E-state index contributed by atoms with van der Waals surface area (Å²) >= 11 is 6.16. The molecular weight excluding hydrogens is 321 g/mol. The summed E-state index contributed by atoms with van der Waals surface area (Å²) in [4.78, 5) is 0. The molecule has 0 saturated heterocycles. The third kappa shape index (κ3) is 5.87. The lowest BCUT2D eigenvalue weighted by Gasteiger charge is -2.29. The molecule has 0 radical (unpaired) electrons. The number of hydrogen-bond donors (Lipinski definition) is 0. The van der Waals surface area contributed by atoms with E-state index >= 15 is 0 Å². The number of alkyl halides is 3. The maximum Gasteiger partial charge on any atom is 0.409 e. The predicted octanol–water partition coefficient (Wildman–Crippen LogP) is 7.38. The molecule has 1 aromatic carbocycles. The van der Waals surface area contributed by atoms with Crippen molar-refractivity contribution in [3.63, 3.8) is 0 Å². The van der Waals surface area contributed by atoms with Crippen LogP contribution >= 0.6 is 11.6 Å². The summed E-state index contributed by atoms with van der Waals surface area (Å²) in [7, 11) is 0. The van der Waals surface area contributed by atoms with Gasteiger partial charge in [-0.3, -0.25) is 0 Å². The molecule has 0 bridgehead atoms. The number of unbranched alkanes of at least 4 members (excludes halogenated alkanes) is 1. The number of rotatable bonds is 5. The zero-order chi connectivity index (χ0) is 16.9. The first-order valence-electron chi connectivity index (χ1n) is 8.44. The maximum atomic E-state index is 12.2. The Morgan fingerprint density at radius 1 is 1.17 bits per heavy atom. The van der Waals surface area contributed by atoms with E-state index in [9.17, 15) is 13.2 Å². The summed E-state index contributed by atoms with van der Waals surface area (Å²) in [5.74, 6) is 1.33. The van der Waals surface area contributed by atoms with Gasteiger partial charge in [-0.25, -0.2) is 0 Å². The van der Waals surface area contributed by atoms with Gasteiger partial charge < -0.3 is 0 Å². The van der Waals surface area contributed by atoms with Crippen LogP contribution in [0.4, 0.5) is 13.2 Å². The fraction of sp³-hybridized carbons (Fsp3) is 0.579. The van der Waals surface area contributed by atoms with E-state index in [4.69, 9.17) is 11.6 Å². The molecule has 0 nitrogen and oxygen atoms in total. The molecule has 4 heteroatoms. The summed E-state index contributed by atoms with van der Waals surface area (Å²) in [5.41, 5.74) is 1.58. The van der Waals surface area contributed by atoms with Gasteiger partial charge in [-0.15, -0.1) is 0 Å². The zero-order valence-electron chi connectivity index (χ0n) is 13.5. The molecule has 0 N–H and O–H groups in total. The minimum Gasteiger partial charge on any atom is -0.167 e. The molecule has 1 aliphatic carbocycles. The molecule has 0 heterocycles. The van der Waals surface area contributed by atoms with Crippen LogP contribution in [0.25, 0.3) is 6.08 Å². The first-order valence-corrected chi connectivity index (χ1v) is 8.82. The second-order valence-corrected chi connectivity index (χ2v) is 6.92. The molecule has 1 aliphatic rings. The van der Waals surface area contributed by atoms with E-state index in [1.54, 1.807) is 6.07 Å². The van der Waals surface area contributed by atoms with E-state index in [1.807, 2.05) is 12.1 Å². The fourth-order valence-corrected chi connectivity index (χ4v) is 3.65. The molecule has 1 aromatic rings. The van der Waals surface area contributed by atoms with Crippen molar-refractivity contribution in [2.75, 3.05) is 0 Å². The van der Waals surface area contributed by atoms with Crippen LogP contribution in [0.2, 0.25) is 5.02 Å². The van der Waals surface area contributed by atoms with E-state index in [-0.39, 0.29) is 6.08 Å². The lowest BCUT2D eigenvalue weighted by molar-refractivity contribution is -0.0790. The molecule has 1 fully saturated rings. The first-order chi connectivity index (χ1) is 10.9. The maximum absolute atomic E-state index is 12.2. The number of benzene rings is 1. The Morgan fingerprint density at radius 3 is 2.43 bits per heavy atom. The molecule has 0 aliphatic heterocycles. The minimum absolute atomic E-state index is 0.229. The summed E-state index contributed by atoms with van der Waals surface area (Å²) < 4.78 is 36.7. The highest BCUT2D eigenvalue weighted by Crippen LogP contribution is 2.38. The minimum atomic E-state index is -4.31. The zero-order valence-corrected chi connectivity index (χ0v) is 14.3. The molecule has 0 unspecified atom stereocenters. The molecular formula is C19H24ClF3. The summed E-state index contributed by atoms with van der Waals surface area (Å²) in [6, 6.07) is 5.47. The van der Waals surface area contributed by atoms with Crippen LogP contribution in [0, 0.1) is 5.92 Å². The van der Waals surface area contributed by atoms with Gasteiger partial charge in [0.25, 0.3) is 0 Å². The molecule has 0 spiro atoms. The number of halogens is 4. The predicted molar refractivity (Wildman–Crippen MR) is 90.8 cm³/mol. The Labute approximate surface area is 141 Å². The normalized spacial score (nSPS) is 22.7. The van der Waals surface area contributed by atoms with Crippen molar-refractivity contribution in [2.24, 2.45) is 5.92 Å². The monoisotopic (exact) mass is 344 g/mol. The summed E-state index contributed by atoms with van der Waals surface area (Å²) in [5, 5.41) is 0.399. The van der Waals surface area contributed by atoms with E-state index in [1.165, 1.54) is 32.1 Å². The average molecular weight is 345 g/mol. The second-order valence-electron chi connectivity index (χ2n) is 6.52. The van der Waals surface area contributed by atoms with Gasteiger partial charge in [0.1, 0.15) is 0 Å². The van der Waals surface area contributed by atoms with Crippen molar-refractivity contribution >= 4 is 17.7 Å². The summed E-state index contributed by atoms with van der Waals surface area (Å²) in [6.45, 7) is 2.22. The third-order valence-corrected chi connectivity index (χ3v) is 5.09. The van der Waals surface area contributed by atoms with Crippen LogP contribution in [-0.2, 0) is 0 Å². The Bertz CT molecular complexity index is 526. The van der Waals surface area contributed by atoms with Gasteiger partial charge >= 0.3 is 6.18 Å². The van der Waals surface area contributed by atoms with Crippen molar-refractivity contribution in [1.82, 2.24) is 0 Å². The van der Waals surface area contributed by atoms with Crippen molar-refractivity contribution in [3.05, 3.63) is 40.4 Å². The Balaban J connectivity index is 1.97. The van der Waals surface area contributed by atoms with Crippen LogP contribution in [0.3, 0.4) is 0 Å². The van der Waals surface area contributed by atoms with Gasteiger partial charge in [0, 0.05) is 11.1 Å². The van der Waals surface area contributed by atoms with Gasteiger partial charge in [0.05, 0.1) is 0 Å².